The monoisotopic (exact) mass is 268 g/mol. The van der Waals surface area contributed by atoms with E-state index >= 15 is 0 Å². The lowest BCUT2D eigenvalue weighted by Crippen LogP contribution is -2.25. The molecule has 0 aliphatic carbocycles. The van der Waals surface area contributed by atoms with Crippen molar-refractivity contribution in [2.75, 3.05) is 18.0 Å². The van der Waals surface area contributed by atoms with E-state index in [1.807, 2.05) is 12.1 Å². The zero-order valence-electron chi connectivity index (χ0n) is 10.2. The minimum atomic E-state index is 0.809. The van der Waals surface area contributed by atoms with E-state index in [0.29, 0.717) is 0 Å². The molecular weight excluding hydrogens is 252 g/mol. The Bertz CT molecular complexity index is 489. The Morgan fingerprint density at radius 3 is 2.59 bits per heavy atom. The highest BCUT2D eigenvalue weighted by molar-refractivity contribution is 7.13. The van der Waals surface area contributed by atoms with Gasteiger partial charge >= 0.3 is 0 Å². The largest absolute Gasteiger partial charge is 0.355 e. The molecule has 0 saturated carbocycles. The minimum Gasteiger partial charge on any atom is -0.355 e. The first-order valence-corrected chi connectivity index (χ1v) is 7.21. The molecule has 0 N–H and O–H groups in total. The summed E-state index contributed by atoms with van der Waals surface area (Å²) in [6.07, 6.45) is 2.26. The first-order valence-electron chi connectivity index (χ1n) is 6.06. The average Bonchev–Trinajstić information content (AvgIpc) is 2.74. The van der Waals surface area contributed by atoms with Crippen molar-refractivity contribution in [1.29, 1.82) is 0 Å². The lowest BCUT2D eigenvalue weighted by atomic mass is 10.2. The summed E-state index contributed by atoms with van der Waals surface area (Å²) < 4.78 is 5.75. The third-order valence-electron chi connectivity index (χ3n) is 2.72. The van der Waals surface area contributed by atoms with Gasteiger partial charge in [0.25, 0.3) is 0 Å². The molecule has 0 radical (unpaired) electrons. The molecule has 2 rings (SSSR count). The molecule has 2 nitrogen and oxygen atoms in total. The maximum atomic E-state index is 6.29. The summed E-state index contributed by atoms with van der Waals surface area (Å²) in [5, 5.41) is 1.92. The normalized spacial score (nSPS) is 11.0. The molecule has 0 amide bonds. The number of fused-ring (bicyclic) bond motifs is 1. The second-order valence-corrected chi connectivity index (χ2v) is 5.32. The van der Waals surface area contributed by atoms with E-state index in [9.17, 15) is 0 Å². The summed E-state index contributed by atoms with van der Waals surface area (Å²) >= 11 is 7.82. The van der Waals surface area contributed by atoms with E-state index in [2.05, 4.69) is 29.2 Å². The van der Waals surface area contributed by atoms with Gasteiger partial charge in [0.1, 0.15) is 0 Å². The fourth-order valence-corrected chi connectivity index (χ4v) is 3.15. The van der Waals surface area contributed by atoms with Crippen molar-refractivity contribution in [3.05, 3.63) is 23.2 Å². The topological polar surface area (TPSA) is 16.1 Å². The van der Waals surface area contributed by atoms with Gasteiger partial charge in [-0.15, -0.1) is 0 Å². The Morgan fingerprint density at radius 2 is 1.94 bits per heavy atom. The SMILES string of the molecule is CCCN(CCC)c1nsc2cccc(Cl)c12. The molecule has 0 bridgehead atoms. The minimum absolute atomic E-state index is 0.809. The van der Waals surface area contributed by atoms with Crippen LogP contribution >= 0.6 is 23.1 Å². The summed E-state index contributed by atoms with van der Waals surface area (Å²) in [6, 6.07) is 6.01. The molecule has 0 unspecified atom stereocenters. The number of hydrogen-bond donors (Lipinski definition) is 0. The molecule has 1 aromatic carbocycles. The smallest absolute Gasteiger partial charge is 0.151 e. The Labute approximate surface area is 111 Å². The van der Waals surface area contributed by atoms with Crippen LogP contribution in [0.5, 0.6) is 0 Å². The summed E-state index contributed by atoms with van der Waals surface area (Å²) in [6.45, 7) is 6.47. The van der Waals surface area contributed by atoms with Crippen molar-refractivity contribution in [3.63, 3.8) is 0 Å². The van der Waals surface area contributed by atoms with Crippen LogP contribution in [0.2, 0.25) is 5.02 Å². The molecule has 2 aromatic rings. The van der Waals surface area contributed by atoms with Crippen molar-refractivity contribution in [2.45, 2.75) is 26.7 Å². The van der Waals surface area contributed by atoms with Crippen LogP contribution in [0.1, 0.15) is 26.7 Å². The molecule has 92 valence electrons. The summed E-state index contributed by atoms with van der Waals surface area (Å²) in [5.41, 5.74) is 0. The molecule has 0 spiro atoms. The second kappa shape index (κ2) is 5.69. The zero-order valence-corrected chi connectivity index (χ0v) is 11.8. The predicted octanol–water partition coefficient (Wildman–Crippen LogP) is 4.58. The number of halogens is 1. The number of nitrogens with zero attached hydrogens (tertiary/aromatic N) is 2. The van der Waals surface area contributed by atoms with Crippen LogP contribution in [0.3, 0.4) is 0 Å². The highest BCUT2D eigenvalue weighted by Gasteiger charge is 2.14. The van der Waals surface area contributed by atoms with Gasteiger partial charge in [0.15, 0.2) is 5.82 Å². The van der Waals surface area contributed by atoms with E-state index in [4.69, 9.17) is 11.6 Å². The number of aromatic nitrogens is 1. The van der Waals surface area contributed by atoms with Crippen LogP contribution < -0.4 is 4.90 Å². The van der Waals surface area contributed by atoms with Crippen molar-refractivity contribution in [1.82, 2.24) is 4.37 Å². The van der Waals surface area contributed by atoms with E-state index in [1.54, 1.807) is 0 Å². The number of benzene rings is 1. The van der Waals surface area contributed by atoms with Crippen LogP contribution in [0, 0.1) is 0 Å². The number of anilines is 1. The Hall–Kier alpha value is -0.800. The van der Waals surface area contributed by atoms with Crippen LogP contribution in [0.15, 0.2) is 18.2 Å². The van der Waals surface area contributed by atoms with Gasteiger partial charge in [-0.1, -0.05) is 31.5 Å². The van der Waals surface area contributed by atoms with Gasteiger partial charge in [0.05, 0.1) is 15.1 Å². The summed E-state index contributed by atoms with van der Waals surface area (Å²) in [4.78, 5) is 2.34. The Balaban J connectivity index is 2.45. The molecule has 0 saturated heterocycles. The van der Waals surface area contributed by atoms with Crippen LogP contribution in [-0.4, -0.2) is 17.5 Å². The van der Waals surface area contributed by atoms with Crippen molar-refractivity contribution in [3.8, 4) is 0 Å². The van der Waals surface area contributed by atoms with Gasteiger partial charge < -0.3 is 4.90 Å². The standard InChI is InChI=1S/C13H17ClN2S/c1-3-8-16(9-4-2)13-12-10(14)6-5-7-11(12)17-15-13/h5-7H,3-4,8-9H2,1-2H3. The lowest BCUT2D eigenvalue weighted by Gasteiger charge is -2.21. The van der Waals surface area contributed by atoms with Crippen molar-refractivity contribution >= 4 is 39.0 Å². The molecule has 1 heterocycles. The highest BCUT2D eigenvalue weighted by Crippen LogP contribution is 2.35. The van der Waals surface area contributed by atoms with Crippen LogP contribution in [0.25, 0.3) is 10.1 Å². The maximum absolute atomic E-state index is 6.29. The predicted molar refractivity (Wildman–Crippen MR) is 77.4 cm³/mol. The third-order valence-corrected chi connectivity index (χ3v) is 3.83. The molecule has 0 aliphatic rings. The molecule has 0 atom stereocenters. The van der Waals surface area contributed by atoms with Crippen molar-refractivity contribution in [2.24, 2.45) is 0 Å². The number of rotatable bonds is 5. The fraction of sp³-hybridized carbons (Fsp3) is 0.462. The van der Waals surface area contributed by atoms with Gasteiger partial charge in [-0.05, 0) is 36.5 Å². The molecular formula is C13H17ClN2S. The zero-order chi connectivity index (χ0) is 12.3. The van der Waals surface area contributed by atoms with E-state index < -0.39 is 0 Å². The molecule has 4 heteroatoms. The third kappa shape index (κ3) is 2.55. The molecule has 17 heavy (non-hydrogen) atoms. The van der Waals surface area contributed by atoms with Crippen molar-refractivity contribution < 1.29 is 0 Å². The maximum Gasteiger partial charge on any atom is 0.151 e. The van der Waals surface area contributed by atoms with Crippen LogP contribution in [-0.2, 0) is 0 Å². The van der Waals surface area contributed by atoms with Gasteiger partial charge in [-0.25, -0.2) is 0 Å². The summed E-state index contributed by atoms with van der Waals surface area (Å²) in [7, 11) is 0. The van der Waals surface area contributed by atoms with E-state index in [1.165, 1.54) is 16.2 Å². The summed E-state index contributed by atoms with van der Waals surface area (Å²) in [5.74, 6) is 1.05. The van der Waals surface area contributed by atoms with E-state index in [0.717, 1.165) is 42.2 Å². The van der Waals surface area contributed by atoms with E-state index in [-0.39, 0.29) is 0 Å². The number of hydrogen-bond acceptors (Lipinski definition) is 3. The average molecular weight is 269 g/mol. The first kappa shape index (κ1) is 12.7. The first-order chi connectivity index (χ1) is 8.27. The van der Waals surface area contributed by atoms with Gasteiger partial charge in [-0.2, -0.15) is 4.37 Å². The fourth-order valence-electron chi connectivity index (χ4n) is 2.01. The van der Waals surface area contributed by atoms with Gasteiger partial charge in [0.2, 0.25) is 0 Å². The van der Waals surface area contributed by atoms with Crippen LogP contribution in [0.4, 0.5) is 5.82 Å². The molecule has 0 fully saturated rings. The van der Waals surface area contributed by atoms with Gasteiger partial charge in [-0.3, -0.25) is 0 Å². The van der Waals surface area contributed by atoms with Gasteiger partial charge in [0, 0.05) is 13.1 Å². The Morgan fingerprint density at radius 1 is 1.24 bits per heavy atom. The second-order valence-electron chi connectivity index (χ2n) is 4.11. The highest BCUT2D eigenvalue weighted by atomic mass is 35.5. The molecule has 1 aromatic heterocycles. The lowest BCUT2D eigenvalue weighted by molar-refractivity contribution is 0.741. The quantitative estimate of drug-likeness (QED) is 0.789. The Kier molecular flexibility index (Phi) is 4.24. The molecule has 0 aliphatic heterocycles.